The highest BCUT2D eigenvalue weighted by Gasteiger charge is 2.34. The lowest BCUT2D eigenvalue weighted by Gasteiger charge is -2.08. The summed E-state index contributed by atoms with van der Waals surface area (Å²) in [7, 11) is 0. The van der Waals surface area contributed by atoms with Crippen LogP contribution in [-0.2, 0) is 0 Å². The second-order valence-electron chi connectivity index (χ2n) is 4.70. The van der Waals surface area contributed by atoms with Crippen molar-refractivity contribution >= 4 is 39.8 Å². The van der Waals surface area contributed by atoms with Crippen LogP contribution in [0.1, 0.15) is 5.56 Å². The zero-order valence-corrected chi connectivity index (χ0v) is 11.0. The predicted octanol–water partition coefficient (Wildman–Crippen LogP) is 1.68. The Morgan fingerprint density at radius 2 is 1.53 bits per heavy atom. The number of rotatable bonds is 1. The molecule has 17 heavy (non-hydrogen) atoms. The predicted molar refractivity (Wildman–Crippen MR) is 81.5 cm³/mol. The Bertz CT molecular complexity index is 536. The average Bonchev–Trinajstić information content (AvgIpc) is 2.69. The maximum Gasteiger partial charge on any atom is 0.263 e. The van der Waals surface area contributed by atoms with Gasteiger partial charge in [-0.2, -0.15) is 0 Å². The molecule has 0 amide bonds. The van der Waals surface area contributed by atoms with E-state index in [0.29, 0.717) is 12.0 Å². The molecule has 0 saturated heterocycles. The number of aryl methyl sites for hydroxylation is 1. The Hall–Kier alpha value is -1.08. The molecule has 0 bridgehead atoms. The van der Waals surface area contributed by atoms with Crippen LogP contribution in [0, 0.1) is 6.92 Å². The Morgan fingerprint density at radius 1 is 0.882 bits per heavy atom. The third kappa shape index (κ3) is 1.93. The standard InChI is InChI=1S/C14H14B2S/c1-11-7-9-12(10-8-11)16-14-6-4-3-5-13(14)15(2)17-16/h3-10H,1-2H3. The van der Waals surface area contributed by atoms with Crippen molar-refractivity contribution in [2.45, 2.75) is 13.7 Å². The summed E-state index contributed by atoms with van der Waals surface area (Å²) in [5.74, 6) is 1.12. The van der Waals surface area contributed by atoms with E-state index in [1.165, 1.54) is 22.0 Å². The SMILES string of the molecule is CB1SB(c2ccc(C)cc2)c2ccccc21. The molecule has 0 nitrogen and oxygen atoms in total. The van der Waals surface area contributed by atoms with Crippen molar-refractivity contribution in [3.63, 3.8) is 0 Å². The van der Waals surface area contributed by atoms with Gasteiger partial charge in [0.1, 0.15) is 0 Å². The first kappa shape index (κ1) is 11.0. The molecular formula is C14H14B2S. The average molecular weight is 236 g/mol. The smallest absolute Gasteiger partial charge is 0.239 e. The van der Waals surface area contributed by atoms with Crippen LogP contribution >= 0.6 is 11.5 Å². The van der Waals surface area contributed by atoms with Gasteiger partial charge in [0.05, 0.1) is 0 Å². The number of hydrogen-bond donors (Lipinski definition) is 0. The highest BCUT2D eigenvalue weighted by molar-refractivity contribution is 8.49. The fourth-order valence-corrected chi connectivity index (χ4v) is 3.92. The summed E-state index contributed by atoms with van der Waals surface area (Å²) in [6.07, 6.45) is 0. The van der Waals surface area contributed by atoms with Crippen LogP contribution in [0.4, 0.5) is 0 Å². The summed E-state index contributed by atoms with van der Waals surface area (Å²) in [5, 5.41) is 0. The fourth-order valence-electron chi connectivity index (χ4n) is 2.47. The fraction of sp³-hybridized carbons (Fsp3) is 0.143. The molecule has 0 unspecified atom stereocenters. The quantitative estimate of drug-likeness (QED) is 0.678. The van der Waals surface area contributed by atoms with Crippen molar-refractivity contribution in [2.75, 3.05) is 0 Å². The van der Waals surface area contributed by atoms with Gasteiger partial charge in [0, 0.05) is 0 Å². The van der Waals surface area contributed by atoms with E-state index >= 15 is 0 Å². The van der Waals surface area contributed by atoms with E-state index in [-0.39, 0.29) is 0 Å². The van der Waals surface area contributed by atoms with Crippen LogP contribution in [0.5, 0.6) is 0 Å². The summed E-state index contributed by atoms with van der Waals surface area (Å²) < 4.78 is 0. The minimum Gasteiger partial charge on any atom is -0.239 e. The molecule has 1 aliphatic heterocycles. The Balaban J connectivity index is 2.04. The summed E-state index contributed by atoms with van der Waals surface area (Å²) >= 11 is 2.05. The lowest BCUT2D eigenvalue weighted by Crippen LogP contribution is -2.41. The van der Waals surface area contributed by atoms with Crippen LogP contribution in [0.15, 0.2) is 48.5 Å². The monoisotopic (exact) mass is 236 g/mol. The van der Waals surface area contributed by atoms with E-state index < -0.39 is 0 Å². The van der Waals surface area contributed by atoms with Crippen molar-refractivity contribution in [1.82, 2.24) is 0 Å². The summed E-state index contributed by atoms with van der Waals surface area (Å²) in [6.45, 7) is 4.44. The molecular weight excluding hydrogens is 222 g/mol. The van der Waals surface area contributed by atoms with Gasteiger partial charge in [-0.15, -0.1) is 0 Å². The van der Waals surface area contributed by atoms with E-state index in [9.17, 15) is 0 Å². The molecule has 1 heterocycles. The maximum atomic E-state index is 2.30. The third-order valence-electron chi connectivity index (χ3n) is 3.44. The van der Waals surface area contributed by atoms with Gasteiger partial charge in [-0.05, 0) is 6.92 Å². The Kier molecular flexibility index (Phi) is 2.79. The van der Waals surface area contributed by atoms with Crippen LogP contribution in [-0.4, -0.2) is 12.0 Å². The van der Waals surface area contributed by atoms with Crippen LogP contribution in [0.25, 0.3) is 0 Å². The molecule has 0 saturated carbocycles. The highest BCUT2D eigenvalue weighted by Crippen LogP contribution is 2.18. The minimum atomic E-state index is 0.516. The van der Waals surface area contributed by atoms with Gasteiger partial charge in [-0.3, -0.25) is 0 Å². The Morgan fingerprint density at radius 3 is 2.24 bits per heavy atom. The molecule has 0 atom stereocenters. The van der Waals surface area contributed by atoms with Gasteiger partial charge < -0.3 is 0 Å². The molecule has 0 N–H and O–H groups in total. The Labute approximate surface area is 108 Å². The largest absolute Gasteiger partial charge is 0.263 e. The maximum absolute atomic E-state index is 2.30. The van der Waals surface area contributed by atoms with E-state index in [0.717, 1.165) is 0 Å². The minimum absolute atomic E-state index is 0.516. The topological polar surface area (TPSA) is 0 Å². The molecule has 82 valence electrons. The van der Waals surface area contributed by atoms with Gasteiger partial charge >= 0.3 is 0 Å². The number of hydrogen-bond acceptors (Lipinski definition) is 1. The first-order chi connectivity index (χ1) is 8.25. The first-order valence-electron chi connectivity index (χ1n) is 6.06. The molecule has 0 spiro atoms. The second-order valence-corrected chi connectivity index (χ2v) is 6.15. The van der Waals surface area contributed by atoms with Gasteiger partial charge in [-0.1, -0.05) is 77.3 Å². The molecule has 1 aliphatic rings. The van der Waals surface area contributed by atoms with Crippen molar-refractivity contribution in [1.29, 1.82) is 0 Å². The number of benzene rings is 2. The van der Waals surface area contributed by atoms with E-state index in [4.69, 9.17) is 0 Å². The summed E-state index contributed by atoms with van der Waals surface area (Å²) in [4.78, 5) is 0. The van der Waals surface area contributed by atoms with Crippen LogP contribution < -0.4 is 16.4 Å². The summed E-state index contributed by atoms with van der Waals surface area (Å²) in [6, 6.07) is 17.8. The molecule has 0 aromatic heterocycles. The van der Waals surface area contributed by atoms with Crippen molar-refractivity contribution in [2.24, 2.45) is 0 Å². The third-order valence-corrected chi connectivity index (χ3v) is 4.90. The van der Waals surface area contributed by atoms with Gasteiger partial charge in [0.15, 0.2) is 0 Å². The van der Waals surface area contributed by atoms with Gasteiger partial charge in [0.2, 0.25) is 5.99 Å². The zero-order valence-electron chi connectivity index (χ0n) is 10.2. The second kappa shape index (κ2) is 4.30. The van der Waals surface area contributed by atoms with E-state index in [1.807, 2.05) is 0 Å². The highest BCUT2D eigenvalue weighted by atomic mass is 32.2. The van der Waals surface area contributed by atoms with E-state index in [1.54, 1.807) is 0 Å². The molecule has 3 heteroatoms. The molecule has 0 aliphatic carbocycles. The van der Waals surface area contributed by atoms with E-state index in [2.05, 4.69) is 73.7 Å². The zero-order chi connectivity index (χ0) is 11.8. The van der Waals surface area contributed by atoms with Crippen molar-refractivity contribution < 1.29 is 0 Å². The first-order valence-corrected chi connectivity index (χ1v) is 7.01. The van der Waals surface area contributed by atoms with Crippen LogP contribution in [0.3, 0.4) is 0 Å². The molecule has 2 aromatic carbocycles. The molecule has 0 fully saturated rings. The summed E-state index contributed by atoms with van der Waals surface area (Å²) in [5.41, 5.74) is 5.76. The normalized spacial score (nSPS) is 14.0. The van der Waals surface area contributed by atoms with Gasteiger partial charge in [-0.25, -0.2) is 11.5 Å². The number of fused-ring (bicyclic) bond motifs is 1. The molecule has 0 radical (unpaired) electrons. The molecule has 2 aromatic rings. The lowest BCUT2D eigenvalue weighted by atomic mass is 9.56. The van der Waals surface area contributed by atoms with Crippen molar-refractivity contribution in [3.05, 3.63) is 54.1 Å². The van der Waals surface area contributed by atoms with Crippen molar-refractivity contribution in [3.8, 4) is 0 Å². The van der Waals surface area contributed by atoms with Crippen LogP contribution in [0.2, 0.25) is 6.82 Å². The lowest BCUT2D eigenvalue weighted by molar-refractivity contribution is 1.49. The molecule has 3 rings (SSSR count). The van der Waals surface area contributed by atoms with Gasteiger partial charge in [0.25, 0.3) is 5.99 Å².